The Morgan fingerprint density at radius 1 is 1.27 bits per heavy atom. The lowest BCUT2D eigenvalue weighted by Gasteiger charge is -2.26. The number of benzene rings is 1. The van der Waals surface area contributed by atoms with E-state index in [4.69, 9.17) is 15.4 Å². The van der Waals surface area contributed by atoms with Crippen LogP contribution in [0.15, 0.2) is 17.0 Å². The molecule has 144 valence electrons. The topological polar surface area (TPSA) is 133 Å². The average Bonchev–Trinajstić information content (AvgIpc) is 3.05. The van der Waals surface area contributed by atoms with Gasteiger partial charge in [0.1, 0.15) is 0 Å². The van der Waals surface area contributed by atoms with Crippen LogP contribution in [0.25, 0.3) is 0 Å². The Balaban J connectivity index is 2.65. The minimum absolute atomic E-state index is 0.197. The highest BCUT2D eigenvalue weighted by Crippen LogP contribution is 2.41. The van der Waals surface area contributed by atoms with Crippen LogP contribution in [0.2, 0.25) is 0 Å². The maximum atomic E-state index is 11.6. The fourth-order valence-corrected chi connectivity index (χ4v) is 3.69. The Morgan fingerprint density at radius 3 is 2.23 bits per heavy atom. The molecule has 1 aromatic rings. The Bertz CT molecular complexity index is 774. The van der Waals surface area contributed by atoms with Crippen molar-refractivity contribution in [3.63, 3.8) is 0 Å². The van der Waals surface area contributed by atoms with Crippen LogP contribution in [0.1, 0.15) is 26.2 Å². The van der Waals surface area contributed by atoms with Gasteiger partial charge in [-0.1, -0.05) is 6.92 Å². The SMILES string of the molecule is CCCN(CC1CCCO1)c1c([N+](=O)[O-])cc(S(=O)(=O)Cl)cc1[N+](=O)[O-]. The van der Waals surface area contributed by atoms with E-state index in [1.54, 1.807) is 0 Å². The van der Waals surface area contributed by atoms with Crippen LogP contribution in [-0.2, 0) is 13.8 Å². The van der Waals surface area contributed by atoms with Gasteiger partial charge in [-0.3, -0.25) is 20.2 Å². The normalized spacial score (nSPS) is 17.2. The van der Waals surface area contributed by atoms with E-state index < -0.39 is 35.2 Å². The summed E-state index contributed by atoms with van der Waals surface area (Å²) in [5.74, 6) is 0. The number of ether oxygens (including phenoxy) is 1. The molecule has 1 fully saturated rings. The Morgan fingerprint density at radius 2 is 1.85 bits per heavy atom. The summed E-state index contributed by atoms with van der Waals surface area (Å²) in [6.45, 7) is 2.95. The van der Waals surface area contributed by atoms with Gasteiger partial charge in [0, 0.05) is 42.5 Å². The fraction of sp³-hybridized carbons (Fsp3) is 0.571. The smallest absolute Gasteiger partial charge is 0.301 e. The van der Waals surface area contributed by atoms with Crippen LogP contribution >= 0.6 is 10.7 Å². The second kappa shape index (κ2) is 8.14. The molecule has 2 rings (SSSR count). The van der Waals surface area contributed by atoms with Gasteiger partial charge < -0.3 is 9.64 Å². The zero-order valence-corrected chi connectivity index (χ0v) is 15.5. The van der Waals surface area contributed by atoms with Gasteiger partial charge in [-0.15, -0.1) is 0 Å². The lowest BCUT2D eigenvalue weighted by Crippen LogP contribution is -2.34. The molecule has 0 amide bonds. The van der Waals surface area contributed by atoms with Gasteiger partial charge in [0.2, 0.25) is 0 Å². The largest absolute Gasteiger partial charge is 0.376 e. The van der Waals surface area contributed by atoms with Crippen LogP contribution in [-0.4, -0.2) is 44.1 Å². The molecule has 10 nitrogen and oxygen atoms in total. The molecule has 0 bridgehead atoms. The van der Waals surface area contributed by atoms with Crippen molar-refractivity contribution in [2.75, 3.05) is 24.6 Å². The van der Waals surface area contributed by atoms with Crippen LogP contribution in [0.5, 0.6) is 0 Å². The van der Waals surface area contributed by atoms with Gasteiger partial charge in [-0.05, 0) is 19.3 Å². The van der Waals surface area contributed by atoms with Gasteiger partial charge in [0.25, 0.3) is 9.05 Å². The lowest BCUT2D eigenvalue weighted by molar-refractivity contribution is -0.393. The van der Waals surface area contributed by atoms with Crippen molar-refractivity contribution >= 4 is 36.8 Å². The van der Waals surface area contributed by atoms with E-state index in [9.17, 15) is 28.6 Å². The molecule has 0 aliphatic carbocycles. The number of nitro benzene ring substituents is 2. The molecule has 26 heavy (non-hydrogen) atoms. The molecule has 1 aliphatic heterocycles. The summed E-state index contributed by atoms with van der Waals surface area (Å²) >= 11 is 0. The van der Waals surface area contributed by atoms with Gasteiger partial charge in [-0.25, -0.2) is 8.42 Å². The maximum Gasteiger partial charge on any atom is 0.301 e. The number of anilines is 1. The van der Waals surface area contributed by atoms with E-state index in [-0.39, 0.29) is 18.3 Å². The van der Waals surface area contributed by atoms with Crippen LogP contribution < -0.4 is 4.90 Å². The number of hydrogen-bond donors (Lipinski definition) is 0. The number of hydrogen-bond acceptors (Lipinski definition) is 8. The number of halogens is 1. The van der Waals surface area contributed by atoms with Gasteiger partial charge in [0.05, 0.1) is 20.8 Å². The zero-order valence-electron chi connectivity index (χ0n) is 14.0. The third kappa shape index (κ3) is 4.59. The fourth-order valence-electron chi connectivity index (χ4n) is 2.92. The molecule has 1 unspecified atom stereocenters. The summed E-state index contributed by atoms with van der Waals surface area (Å²) in [7, 11) is 0.864. The first-order valence-corrected chi connectivity index (χ1v) is 10.2. The van der Waals surface area contributed by atoms with E-state index in [0.29, 0.717) is 19.6 Å². The predicted octanol–water partition coefficient (Wildman–Crippen LogP) is 2.83. The lowest BCUT2D eigenvalue weighted by atomic mass is 10.1. The first kappa shape index (κ1) is 20.3. The highest BCUT2D eigenvalue weighted by molar-refractivity contribution is 8.13. The summed E-state index contributed by atoms with van der Waals surface area (Å²) in [6, 6.07) is 1.51. The summed E-state index contributed by atoms with van der Waals surface area (Å²) < 4.78 is 28.6. The van der Waals surface area contributed by atoms with Gasteiger partial charge in [-0.2, -0.15) is 0 Å². The Labute approximate surface area is 154 Å². The van der Waals surface area contributed by atoms with Crippen molar-refractivity contribution in [3.05, 3.63) is 32.4 Å². The molecule has 1 atom stereocenters. The van der Waals surface area contributed by atoms with Crippen molar-refractivity contribution in [2.45, 2.75) is 37.2 Å². The zero-order chi connectivity index (χ0) is 19.5. The minimum Gasteiger partial charge on any atom is -0.376 e. The molecular formula is C14H18ClN3O7S. The number of nitrogens with zero attached hydrogens (tertiary/aromatic N) is 3. The maximum absolute atomic E-state index is 11.6. The molecule has 12 heteroatoms. The van der Waals surface area contributed by atoms with Crippen molar-refractivity contribution in [2.24, 2.45) is 0 Å². The molecule has 0 saturated carbocycles. The van der Waals surface area contributed by atoms with Gasteiger partial charge in [0.15, 0.2) is 5.69 Å². The van der Waals surface area contributed by atoms with E-state index >= 15 is 0 Å². The molecule has 1 aromatic carbocycles. The van der Waals surface area contributed by atoms with E-state index in [2.05, 4.69) is 0 Å². The van der Waals surface area contributed by atoms with Crippen LogP contribution in [0.3, 0.4) is 0 Å². The third-order valence-corrected chi connectivity index (χ3v) is 5.31. The molecule has 0 N–H and O–H groups in total. The number of nitro groups is 2. The van der Waals surface area contributed by atoms with Crippen molar-refractivity contribution in [3.8, 4) is 0 Å². The number of rotatable bonds is 8. The second-order valence-corrected chi connectivity index (χ2v) is 8.41. The predicted molar refractivity (Wildman–Crippen MR) is 94.3 cm³/mol. The molecule has 0 aromatic heterocycles. The molecular weight excluding hydrogens is 390 g/mol. The molecule has 0 spiro atoms. The first-order valence-electron chi connectivity index (χ1n) is 7.93. The first-order chi connectivity index (χ1) is 12.1. The van der Waals surface area contributed by atoms with E-state index in [1.165, 1.54) is 4.90 Å². The Kier molecular flexibility index (Phi) is 6.37. The highest BCUT2D eigenvalue weighted by Gasteiger charge is 2.34. The van der Waals surface area contributed by atoms with Crippen molar-refractivity contribution in [1.82, 2.24) is 0 Å². The van der Waals surface area contributed by atoms with Crippen LogP contribution in [0.4, 0.5) is 17.1 Å². The molecule has 1 saturated heterocycles. The molecule has 0 radical (unpaired) electrons. The van der Waals surface area contributed by atoms with Crippen molar-refractivity contribution in [1.29, 1.82) is 0 Å². The second-order valence-electron chi connectivity index (χ2n) is 5.84. The summed E-state index contributed by atoms with van der Waals surface area (Å²) in [5, 5.41) is 23.0. The summed E-state index contributed by atoms with van der Waals surface area (Å²) in [6.07, 6.45) is 1.97. The van der Waals surface area contributed by atoms with Gasteiger partial charge >= 0.3 is 11.4 Å². The standard InChI is InChI=1S/C14H18ClN3O7S/c1-2-5-16(9-10-4-3-6-25-10)14-12(17(19)20)7-11(26(15,23)24)8-13(14)18(21)22/h7-8,10H,2-6,9H2,1H3. The monoisotopic (exact) mass is 407 g/mol. The quantitative estimate of drug-likeness (QED) is 0.365. The van der Waals surface area contributed by atoms with Crippen molar-refractivity contribution < 1.29 is 23.0 Å². The third-order valence-electron chi connectivity index (χ3n) is 3.98. The molecule has 1 aliphatic rings. The minimum atomic E-state index is -4.37. The highest BCUT2D eigenvalue weighted by atomic mass is 35.7. The Hall–Kier alpha value is -1.98. The van der Waals surface area contributed by atoms with E-state index in [1.807, 2.05) is 6.92 Å². The molecule has 1 heterocycles. The summed E-state index contributed by atoms with van der Waals surface area (Å²) in [5.41, 5.74) is -1.59. The van der Waals surface area contributed by atoms with E-state index in [0.717, 1.165) is 25.0 Å². The summed E-state index contributed by atoms with van der Waals surface area (Å²) in [4.78, 5) is 22.2. The van der Waals surface area contributed by atoms with Crippen LogP contribution in [0, 0.1) is 20.2 Å². The average molecular weight is 408 g/mol.